The normalized spacial score (nSPS) is 13.4. The van der Waals surface area contributed by atoms with Crippen molar-refractivity contribution < 1.29 is 18.0 Å². The molecule has 3 N–H and O–H groups in total. The summed E-state index contributed by atoms with van der Waals surface area (Å²) in [5, 5.41) is 3.22. The zero-order valence-corrected chi connectivity index (χ0v) is 21.9. The number of halogens is 4. The highest BCUT2D eigenvalue weighted by Gasteiger charge is 2.29. The summed E-state index contributed by atoms with van der Waals surface area (Å²) in [5.74, 6) is -0.351. The first-order valence-electron chi connectivity index (χ1n) is 11.6. The molecule has 5 rings (SSSR count). The molecule has 38 heavy (non-hydrogen) atoms. The molecule has 11 heteroatoms. The van der Waals surface area contributed by atoms with Crippen LogP contribution in [0.3, 0.4) is 0 Å². The van der Waals surface area contributed by atoms with Crippen molar-refractivity contribution in [2.75, 3.05) is 11.9 Å². The van der Waals surface area contributed by atoms with Gasteiger partial charge in [0.2, 0.25) is 5.91 Å². The van der Waals surface area contributed by atoms with E-state index in [9.17, 15) is 18.0 Å². The predicted molar refractivity (Wildman–Crippen MR) is 146 cm³/mol. The van der Waals surface area contributed by atoms with Crippen LogP contribution in [0, 0.1) is 17.5 Å². The number of amides is 1. The fraction of sp³-hybridized carbons (Fsp3) is 0.185. The second kappa shape index (κ2) is 11.5. The van der Waals surface area contributed by atoms with Crippen molar-refractivity contribution in [2.24, 2.45) is 5.73 Å². The Kier molecular flexibility index (Phi) is 8.35. The van der Waals surface area contributed by atoms with Gasteiger partial charge in [-0.15, -0.1) is 0 Å². The molecule has 3 aromatic carbocycles. The molecular weight excluding hydrogens is 535 g/mol. The zero-order chi connectivity index (χ0) is 26.1. The number of imidazole rings is 1. The van der Waals surface area contributed by atoms with Gasteiger partial charge in [-0.2, -0.15) is 13.5 Å². The summed E-state index contributed by atoms with van der Waals surface area (Å²) in [7, 11) is 0. The molecule has 1 aliphatic heterocycles. The van der Waals surface area contributed by atoms with Gasteiger partial charge in [0.1, 0.15) is 34.8 Å². The molecule has 6 nitrogen and oxygen atoms in total. The predicted octanol–water partition coefficient (Wildman–Crippen LogP) is 5.39. The van der Waals surface area contributed by atoms with E-state index in [1.807, 2.05) is 4.57 Å². The van der Waals surface area contributed by atoms with Crippen LogP contribution in [0.4, 0.5) is 24.7 Å². The van der Waals surface area contributed by atoms with Crippen molar-refractivity contribution in [3.05, 3.63) is 101 Å². The summed E-state index contributed by atoms with van der Waals surface area (Å²) in [5.41, 5.74) is 8.63. The molecular formula is C27H25ClF3N5OS. The first kappa shape index (κ1) is 27.6. The van der Waals surface area contributed by atoms with Gasteiger partial charge in [0.25, 0.3) is 0 Å². The summed E-state index contributed by atoms with van der Waals surface area (Å²) >= 11 is 5.83. The van der Waals surface area contributed by atoms with E-state index in [2.05, 4.69) is 5.32 Å². The maximum Gasteiger partial charge on any atom is 0.240 e. The lowest BCUT2D eigenvalue weighted by molar-refractivity contribution is -0.134. The fourth-order valence-electron chi connectivity index (χ4n) is 4.36. The summed E-state index contributed by atoms with van der Waals surface area (Å²) in [6.45, 7) is 1.00. The van der Waals surface area contributed by atoms with E-state index in [-0.39, 0.29) is 49.0 Å². The molecule has 1 atom stereocenters. The quantitative estimate of drug-likeness (QED) is 0.332. The van der Waals surface area contributed by atoms with Crippen LogP contribution in [-0.4, -0.2) is 32.9 Å². The highest BCUT2D eigenvalue weighted by Crippen LogP contribution is 2.34. The maximum atomic E-state index is 14.1. The third-order valence-corrected chi connectivity index (χ3v) is 6.58. The molecule has 0 fully saturated rings. The first-order valence-corrected chi connectivity index (χ1v) is 12.0. The maximum absolute atomic E-state index is 14.1. The van der Waals surface area contributed by atoms with Crippen LogP contribution in [0.1, 0.15) is 11.4 Å². The number of nitrogens with one attached hydrogen (secondary N) is 1. The van der Waals surface area contributed by atoms with Crippen LogP contribution in [-0.2, 0) is 24.3 Å². The number of aromatic nitrogens is 2. The minimum Gasteiger partial charge on any atom is -0.340 e. The van der Waals surface area contributed by atoms with Gasteiger partial charge in [0.05, 0.1) is 17.6 Å². The third-order valence-electron chi connectivity index (χ3n) is 6.27. The van der Waals surface area contributed by atoms with Gasteiger partial charge >= 0.3 is 0 Å². The third kappa shape index (κ3) is 5.82. The van der Waals surface area contributed by atoms with Crippen LogP contribution in [0.25, 0.3) is 11.3 Å². The van der Waals surface area contributed by atoms with E-state index in [1.165, 1.54) is 36.4 Å². The summed E-state index contributed by atoms with van der Waals surface area (Å²) in [6.07, 6.45) is 0.278. The molecule has 0 unspecified atom stereocenters. The van der Waals surface area contributed by atoms with E-state index >= 15 is 0 Å². The van der Waals surface area contributed by atoms with E-state index in [0.717, 1.165) is 5.56 Å². The molecule has 198 valence electrons. The Hall–Kier alpha value is -3.47. The molecule has 0 saturated heterocycles. The summed E-state index contributed by atoms with van der Waals surface area (Å²) in [4.78, 5) is 19.5. The number of nitrogens with two attached hydrogens (primary N) is 1. The largest absolute Gasteiger partial charge is 0.340 e. The second-order valence-corrected chi connectivity index (χ2v) is 9.24. The number of rotatable bonds is 6. The smallest absolute Gasteiger partial charge is 0.240 e. The van der Waals surface area contributed by atoms with E-state index in [0.29, 0.717) is 41.7 Å². The number of anilines is 2. The number of carbonyl (C=O) groups is 1. The summed E-state index contributed by atoms with van der Waals surface area (Å²) < 4.78 is 42.8. The topological polar surface area (TPSA) is 76.2 Å². The molecule has 4 aromatic rings. The van der Waals surface area contributed by atoms with E-state index < -0.39 is 11.9 Å². The van der Waals surface area contributed by atoms with Gasteiger partial charge in [0.15, 0.2) is 0 Å². The number of hydrogen-bond donors (Lipinski definition) is 2. The number of nitrogens with zero attached hydrogens (tertiary/aromatic N) is 3. The standard InChI is InChI=1S/C27H23ClF3N5O.H2S/c28-21-10-9-20(14-22(21)31)33-26-25(17-3-7-19(30)8-4-17)34-24-15-35(11-12-36(24)26)27(37)23(32)13-16-1-5-18(29)6-2-16;/h1-10,14,23,33H,11-13,15,32H2;1H2/t23-;/m0./s1. The van der Waals surface area contributed by atoms with Crippen LogP contribution in [0.5, 0.6) is 0 Å². The molecule has 1 aromatic heterocycles. The first-order chi connectivity index (χ1) is 17.8. The van der Waals surface area contributed by atoms with Crippen LogP contribution in [0.15, 0.2) is 66.7 Å². The van der Waals surface area contributed by atoms with Crippen molar-refractivity contribution >= 4 is 42.5 Å². The van der Waals surface area contributed by atoms with Crippen molar-refractivity contribution in [1.29, 1.82) is 0 Å². The Morgan fingerprint density at radius 1 is 1.00 bits per heavy atom. The highest BCUT2D eigenvalue weighted by molar-refractivity contribution is 7.59. The number of carbonyl (C=O) groups excluding carboxylic acids is 1. The molecule has 1 aliphatic rings. The number of benzene rings is 3. The zero-order valence-electron chi connectivity index (χ0n) is 20.1. The van der Waals surface area contributed by atoms with Gasteiger partial charge in [0, 0.05) is 24.3 Å². The van der Waals surface area contributed by atoms with Crippen molar-refractivity contribution in [3.8, 4) is 11.3 Å². The second-order valence-electron chi connectivity index (χ2n) is 8.83. The Morgan fingerprint density at radius 2 is 1.66 bits per heavy atom. The van der Waals surface area contributed by atoms with E-state index in [1.54, 1.807) is 35.2 Å². The van der Waals surface area contributed by atoms with Gasteiger partial charge in [-0.25, -0.2) is 18.2 Å². The van der Waals surface area contributed by atoms with Crippen molar-refractivity contribution in [2.45, 2.75) is 25.6 Å². The number of hydrogen-bond acceptors (Lipinski definition) is 4. The van der Waals surface area contributed by atoms with Crippen LogP contribution >= 0.6 is 25.1 Å². The average Bonchev–Trinajstić information content (AvgIpc) is 3.25. The molecule has 0 saturated carbocycles. The molecule has 0 radical (unpaired) electrons. The Morgan fingerprint density at radius 3 is 2.32 bits per heavy atom. The lowest BCUT2D eigenvalue weighted by Gasteiger charge is -2.30. The highest BCUT2D eigenvalue weighted by atomic mass is 35.5. The van der Waals surface area contributed by atoms with E-state index in [4.69, 9.17) is 22.3 Å². The Bertz CT molecular complexity index is 1450. The molecule has 2 heterocycles. The Balaban J connectivity index is 0.00000336. The van der Waals surface area contributed by atoms with Crippen molar-refractivity contribution in [3.63, 3.8) is 0 Å². The lowest BCUT2D eigenvalue weighted by atomic mass is 10.1. The fourth-order valence-corrected chi connectivity index (χ4v) is 4.48. The van der Waals surface area contributed by atoms with Crippen LogP contribution < -0.4 is 11.1 Å². The van der Waals surface area contributed by atoms with Gasteiger partial charge in [-0.3, -0.25) is 4.79 Å². The average molecular weight is 560 g/mol. The summed E-state index contributed by atoms with van der Waals surface area (Å²) in [6, 6.07) is 15.4. The molecule has 1 amide bonds. The van der Waals surface area contributed by atoms with Gasteiger partial charge in [-0.1, -0.05) is 23.7 Å². The number of fused-ring (bicyclic) bond motifs is 1. The SMILES string of the molecule is N[C@@H](Cc1ccc(F)cc1)C(=O)N1CCn2c(nc(-c3ccc(F)cc3)c2Nc2ccc(Cl)c(F)c2)C1.S. The molecule has 0 aliphatic carbocycles. The molecule has 0 spiro atoms. The lowest BCUT2D eigenvalue weighted by Crippen LogP contribution is -2.47. The van der Waals surface area contributed by atoms with Gasteiger partial charge in [-0.05, 0) is 66.6 Å². The van der Waals surface area contributed by atoms with Crippen LogP contribution in [0.2, 0.25) is 5.02 Å². The minimum atomic E-state index is -0.793. The molecule has 0 bridgehead atoms. The monoisotopic (exact) mass is 559 g/mol. The van der Waals surface area contributed by atoms with Gasteiger partial charge < -0.3 is 20.5 Å². The minimum absolute atomic E-state index is 0. The van der Waals surface area contributed by atoms with Crippen molar-refractivity contribution in [1.82, 2.24) is 14.5 Å². The Labute approximate surface area is 229 Å².